The van der Waals surface area contributed by atoms with Gasteiger partial charge in [-0.05, 0) is 23.1 Å². The quantitative estimate of drug-likeness (QED) is 0.160. The van der Waals surface area contributed by atoms with Crippen LogP contribution in [0.15, 0.2) is 200 Å². The van der Waals surface area contributed by atoms with Gasteiger partial charge in [0, 0.05) is 27.7 Å². The van der Waals surface area contributed by atoms with E-state index in [9.17, 15) is 0 Å². The van der Waals surface area contributed by atoms with Crippen LogP contribution in [0.3, 0.4) is 0 Å². The summed E-state index contributed by atoms with van der Waals surface area (Å²) in [6.45, 7) is 17.9. The van der Waals surface area contributed by atoms with E-state index >= 15 is 0 Å². The number of para-hydroxylation sites is 5. The summed E-state index contributed by atoms with van der Waals surface area (Å²) in [4.78, 5) is 5.08. The molecule has 0 N–H and O–H groups in total. The van der Waals surface area contributed by atoms with E-state index in [1.807, 2.05) is 30.5 Å². The number of nitrogens with zero attached hydrogens (tertiary/aromatic N) is 5. The summed E-state index contributed by atoms with van der Waals surface area (Å²) in [6, 6.07) is 68.7. The fraction of sp³-hybridized carbons (Fsp3) is 0.178. The van der Waals surface area contributed by atoms with Gasteiger partial charge >= 0.3 is 356 Å². The predicted octanol–water partition coefficient (Wildman–Crippen LogP) is 19.5. The first kappa shape index (κ1) is 46.6. The van der Waals surface area contributed by atoms with E-state index in [4.69, 9.17) is 13.8 Å². The Morgan fingerprint density at radius 2 is 1.04 bits per heavy atom. The smallest absolute Gasteiger partial charge is 0.0620 e. The second-order valence-corrected chi connectivity index (χ2v) is 25.7. The Balaban J connectivity index is 0.970. The number of hydrogen-bond acceptors (Lipinski definition) is 2. The third-order valence-electron chi connectivity index (χ3n) is 16.4. The van der Waals surface area contributed by atoms with Gasteiger partial charge < -0.3 is 4.40 Å². The van der Waals surface area contributed by atoms with Gasteiger partial charge in [0.1, 0.15) is 0 Å². The Morgan fingerprint density at radius 3 is 1.75 bits per heavy atom. The average Bonchev–Trinajstić information content (AvgIpc) is 3.57. The minimum absolute atomic E-state index is 0.0921. The molecular weight excluding hydrogens is 1160 g/mol. The molecule has 0 aliphatic rings. The number of pyridine rings is 1. The van der Waals surface area contributed by atoms with Gasteiger partial charge in [-0.2, -0.15) is 0 Å². The molecule has 0 aliphatic heterocycles. The van der Waals surface area contributed by atoms with E-state index < -0.39 is 6.85 Å². The number of aromatic nitrogens is 5. The first-order valence-electron chi connectivity index (χ1n) is 29.1. The molecule has 5 heterocycles. The number of aryl methyl sites for hydroxylation is 1. The van der Waals surface area contributed by atoms with E-state index in [-0.39, 0.29) is 27.6 Å². The van der Waals surface area contributed by atoms with E-state index in [1.54, 1.807) is 6.07 Å². The van der Waals surface area contributed by atoms with Crippen LogP contribution in [0, 0.1) is 10.7 Å². The molecule has 14 rings (SSSR count). The molecule has 0 saturated carbocycles. The van der Waals surface area contributed by atoms with Gasteiger partial charge in [-0.1, -0.05) is 57.2 Å². The number of hydrogen-bond donors (Lipinski definition) is 0. The summed E-state index contributed by atoms with van der Waals surface area (Å²) in [5.41, 5.74) is 17.1. The van der Waals surface area contributed by atoms with Crippen LogP contribution >= 0.6 is 0 Å². The van der Waals surface area contributed by atoms with Crippen molar-refractivity contribution in [1.82, 2.24) is 23.1 Å². The molecule has 6 nitrogen and oxygen atoms in total. The second-order valence-electron chi connectivity index (χ2n) is 24.7. The standard InChI is InChI=1S/C73H63N5O.Pt/c1-45-30-31-51(75-44-76(63-29-17-16-28-62(63)75)69-53(46-20-12-11-13-21-46)23-18-24-54(69)47-36-49(72(5,6)7)38-50(37-47)73(8,9)10)40-67(45)79-52-32-33-56-59-42-60-58-26-19-25-57-55-22-14-15-27-61(55)78(70(57)58)66(60)43-65(59)77(64(56)41-52)68-39-48(34-35-74-68)71(2,3)4;/h11-43H,1-10H3;/i1D3;. The van der Waals surface area contributed by atoms with Crippen LogP contribution in [-0.4, -0.2) is 23.1 Å². The zero-order chi connectivity index (χ0) is 57.6. The Morgan fingerprint density at radius 1 is 0.438 bits per heavy atom. The summed E-state index contributed by atoms with van der Waals surface area (Å²) in [5, 5.41) is 6.97. The monoisotopic (exact) mass is 1220 g/mol. The minimum Gasteiger partial charge on any atom is 0.0620 e. The van der Waals surface area contributed by atoms with Gasteiger partial charge in [0.05, 0.1) is 16.6 Å². The van der Waals surface area contributed by atoms with E-state index in [1.165, 1.54) is 43.7 Å². The Hall–Kier alpha value is -8.31. The van der Waals surface area contributed by atoms with Gasteiger partial charge in [-0.3, -0.25) is 0 Å². The third kappa shape index (κ3) is 7.92. The van der Waals surface area contributed by atoms with Crippen molar-refractivity contribution < 1.29 is 28.2 Å². The van der Waals surface area contributed by atoms with Crippen LogP contribution in [0.25, 0.3) is 110 Å². The number of imidazole rings is 1. The van der Waals surface area contributed by atoms with Crippen molar-refractivity contribution in [2.24, 2.45) is 0 Å². The molecule has 0 spiro atoms. The maximum atomic E-state index is 8.91. The molecule has 14 aromatic rings. The van der Waals surface area contributed by atoms with Crippen LogP contribution in [0.5, 0.6) is 11.5 Å². The normalized spacial score (nSPS) is 13.4. The first-order valence-corrected chi connectivity index (χ1v) is 28.7. The molecule has 0 atom stereocenters. The van der Waals surface area contributed by atoms with Crippen molar-refractivity contribution in [3.8, 4) is 50.9 Å². The van der Waals surface area contributed by atoms with E-state index in [0.29, 0.717) is 5.75 Å². The molecule has 0 bridgehead atoms. The van der Waals surface area contributed by atoms with Crippen molar-refractivity contribution in [3.63, 3.8) is 0 Å². The maximum Gasteiger partial charge on any atom is 0.0620 e. The predicted molar refractivity (Wildman–Crippen MR) is 331 cm³/mol. The average molecular weight is 1220 g/mol. The van der Waals surface area contributed by atoms with Crippen molar-refractivity contribution in [2.75, 3.05) is 0 Å². The molecule has 5 aromatic heterocycles. The van der Waals surface area contributed by atoms with Crippen molar-refractivity contribution in [1.29, 1.82) is 0 Å². The molecule has 0 amide bonds. The van der Waals surface area contributed by atoms with Crippen LogP contribution < -0.4 is 4.74 Å². The summed E-state index contributed by atoms with van der Waals surface area (Å²) in [5.74, 6) is 1.53. The van der Waals surface area contributed by atoms with Crippen molar-refractivity contribution in [3.05, 3.63) is 226 Å². The summed E-state index contributed by atoms with van der Waals surface area (Å²) in [7, 11) is 0. The van der Waals surface area contributed by atoms with Gasteiger partial charge in [0.25, 0.3) is 0 Å². The zero-order valence-electron chi connectivity index (χ0n) is 49.5. The van der Waals surface area contributed by atoms with Crippen molar-refractivity contribution in [2.45, 2.75) is 85.4 Å². The van der Waals surface area contributed by atoms with Crippen LogP contribution in [0.2, 0.25) is 0 Å². The van der Waals surface area contributed by atoms with E-state index in [2.05, 4.69) is 264 Å². The molecule has 0 unspecified atom stereocenters. The Labute approximate surface area is 482 Å². The van der Waals surface area contributed by atoms with Gasteiger partial charge in [-0.15, -0.1) is 0 Å². The van der Waals surface area contributed by atoms with E-state index in [0.717, 1.165) is 87.2 Å². The molecule has 9 aromatic carbocycles. The largest absolute Gasteiger partial charge is 0.0620 e. The molecule has 0 saturated heterocycles. The fourth-order valence-electron chi connectivity index (χ4n) is 12.2. The number of benzene rings is 9. The first-order chi connectivity index (χ1) is 39.6. The topological polar surface area (TPSA) is 41.3 Å². The molecule has 396 valence electrons. The Bertz CT molecular complexity index is 4990. The SMILES string of the molecule is [2H]C([2H])([2H])c1ccc(-n2[c](=[Pt])n(-c3c(-c4ccccc4)cccc3-c3cc(C(C)(C)C)cc(C(C)(C)C)c3)c3ccccc32)cc1Oc1ccc2c3cc4c5cccc6c7ccccc7n(c4cc3n(-c3cc(C(C)(C)C)ccn3)c2c1)c65. The number of ether oxygens (including phenoxy) is 1. The van der Waals surface area contributed by atoms with Crippen LogP contribution in [0.4, 0.5) is 0 Å². The number of fused-ring (bicyclic) bond motifs is 10. The summed E-state index contributed by atoms with van der Waals surface area (Å²) < 4.78 is 43.9. The zero-order valence-corrected chi connectivity index (χ0v) is 48.8. The van der Waals surface area contributed by atoms with Crippen molar-refractivity contribution >= 4 is 70.9 Å². The van der Waals surface area contributed by atoms with Gasteiger partial charge in [0.15, 0.2) is 0 Å². The van der Waals surface area contributed by atoms with Gasteiger partial charge in [0.2, 0.25) is 0 Å². The second kappa shape index (κ2) is 18.1. The molecule has 7 heteroatoms. The molecule has 0 aliphatic carbocycles. The molecule has 0 radical (unpaired) electrons. The minimum atomic E-state index is -2.49. The number of rotatable bonds is 7. The fourth-order valence-corrected chi connectivity index (χ4v) is 13.3. The third-order valence-corrected chi connectivity index (χ3v) is 17.4. The van der Waals surface area contributed by atoms with Gasteiger partial charge in [-0.25, -0.2) is 0 Å². The van der Waals surface area contributed by atoms with Crippen LogP contribution in [0.1, 0.15) is 88.7 Å². The molecular formula is C73H63N5OPt. The molecule has 80 heavy (non-hydrogen) atoms. The summed E-state index contributed by atoms with van der Waals surface area (Å²) >= 11 is 2.46. The Kier molecular flexibility index (Phi) is 10.5. The maximum absolute atomic E-state index is 8.91. The van der Waals surface area contributed by atoms with Crippen LogP contribution in [-0.2, 0) is 35.6 Å². The molecule has 0 fully saturated rings. The summed E-state index contributed by atoms with van der Waals surface area (Å²) in [6.07, 6.45) is 1.90.